The lowest BCUT2D eigenvalue weighted by atomic mass is 9.85. The number of anilines is 1. The Morgan fingerprint density at radius 1 is 1.03 bits per heavy atom. The van der Waals surface area contributed by atoms with Crippen molar-refractivity contribution in [3.05, 3.63) is 77.9 Å². The highest BCUT2D eigenvalue weighted by molar-refractivity contribution is 6.04. The molecule has 5 nitrogen and oxygen atoms in total. The number of nitrogens with zero attached hydrogens (tertiary/aromatic N) is 2. The molecule has 2 heterocycles. The van der Waals surface area contributed by atoms with Crippen LogP contribution in [0.25, 0.3) is 10.8 Å². The van der Waals surface area contributed by atoms with Gasteiger partial charge in [0.1, 0.15) is 5.60 Å². The lowest BCUT2D eigenvalue weighted by molar-refractivity contribution is -0.0544. The van der Waals surface area contributed by atoms with Gasteiger partial charge in [0.15, 0.2) is 0 Å². The van der Waals surface area contributed by atoms with Crippen LogP contribution in [0.15, 0.2) is 71.9 Å². The van der Waals surface area contributed by atoms with Crippen molar-refractivity contribution in [2.45, 2.75) is 38.2 Å². The lowest BCUT2D eigenvalue weighted by Gasteiger charge is -2.37. The van der Waals surface area contributed by atoms with Crippen LogP contribution in [0.3, 0.4) is 0 Å². The van der Waals surface area contributed by atoms with Crippen LogP contribution in [0.1, 0.15) is 37.3 Å². The predicted molar refractivity (Wildman–Crippen MR) is 125 cm³/mol. The van der Waals surface area contributed by atoms with E-state index in [1.165, 1.54) is 16.3 Å². The second-order valence-corrected chi connectivity index (χ2v) is 8.52. The number of aryl methyl sites for hydroxylation is 1. The van der Waals surface area contributed by atoms with Gasteiger partial charge in [0.2, 0.25) is 0 Å². The van der Waals surface area contributed by atoms with E-state index in [-0.39, 0.29) is 11.6 Å². The number of oxime groups is 1. The van der Waals surface area contributed by atoms with Gasteiger partial charge in [-0.3, -0.25) is 0 Å². The molecule has 31 heavy (non-hydrogen) atoms. The fourth-order valence-electron chi connectivity index (χ4n) is 4.46. The fraction of sp³-hybridized carbons (Fsp3) is 0.308. The number of carbonyl (C=O) groups excluding carboxylic acids is 1. The van der Waals surface area contributed by atoms with Crippen LogP contribution in [0, 0.1) is 0 Å². The number of hydrogen-bond acceptors (Lipinski definition) is 3. The molecule has 0 aliphatic carbocycles. The van der Waals surface area contributed by atoms with Crippen molar-refractivity contribution in [1.82, 2.24) is 4.90 Å². The Morgan fingerprint density at radius 3 is 2.52 bits per heavy atom. The standard InChI is InChI=1S/C26H27N3O2/c1-2-19-7-11-23(12-8-19)27-25(30)29-15-13-26(14-16-29)18-24(28-31-26)22-10-9-20-5-3-4-6-21(20)17-22/h3-12,17H,2,13-16,18H2,1H3,(H,27,30). The molecule has 5 heteroatoms. The number of hydrogen-bond donors (Lipinski definition) is 1. The van der Waals surface area contributed by atoms with Gasteiger partial charge in [0, 0.05) is 43.6 Å². The number of nitrogens with one attached hydrogen (secondary N) is 1. The maximum Gasteiger partial charge on any atom is 0.321 e. The number of rotatable bonds is 3. The van der Waals surface area contributed by atoms with E-state index in [2.05, 4.69) is 72.0 Å². The first kappa shape index (κ1) is 19.6. The summed E-state index contributed by atoms with van der Waals surface area (Å²) in [6, 6.07) is 22.8. The number of carbonyl (C=O) groups is 1. The summed E-state index contributed by atoms with van der Waals surface area (Å²) in [5, 5.41) is 9.89. The molecule has 1 fully saturated rings. The van der Waals surface area contributed by atoms with Crippen molar-refractivity contribution in [2.75, 3.05) is 18.4 Å². The summed E-state index contributed by atoms with van der Waals surface area (Å²) < 4.78 is 0. The molecule has 0 saturated carbocycles. The molecule has 3 aromatic rings. The van der Waals surface area contributed by atoms with Crippen molar-refractivity contribution < 1.29 is 9.63 Å². The van der Waals surface area contributed by atoms with Crippen molar-refractivity contribution in [1.29, 1.82) is 0 Å². The van der Waals surface area contributed by atoms with E-state index >= 15 is 0 Å². The maximum atomic E-state index is 12.7. The molecule has 5 rings (SSSR count). The van der Waals surface area contributed by atoms with E-state index in [9.17, 15) is 4.79 Å². The zero-order valence-electron chi connectivity index (χ0n) is 17.8. The second-order valence-electron chi connectivity index (χ2n) is 8.52. The average Bonchev–Trinajstić information content (AvgIpc) is 3.23. The summed E-state index contributed by atoms with van der Waals surface area (Å²) >= 11 is 0. The molecule has 158 valence electrons. The van der Waals surface area contributed by atoms with E-state index < -0.39 is 0 Å². The molecule has 3 aromatic carbocycles. The maximum absolute atomic E-state index is 12.7. The third-order valence-electron chi connectivity index (χ3n) is 6.50. The Bertz CT molecular complexity index is 1130. The molecule has 1 saturated heterocycles. The molecule has 0 bridgehead atoms. The minimum atomic E-state index is -0.291. The summed E-state index contributed by atoms with van der Waals surface area (Å²) in [5.41, 5.74) is 3.92. The number of fused-ring (bicyclic) bond motifs is 1. The third-order valence-corrected chi connectivity index (χ3v) is 6.50. The molecule has 0 aromatic heterocycles. The van der Waals surface area contributed by atoms with Crippen molar-refractivity contribution in [3.8, 4) is 0 Å². The molecule has 0 radical (unpaired) electrons. The van der Waals surface area contributed by atoms with E-state index in [4.69, 9.17) is 4.84 Å². The Kier molecular flexibility index (Phi) is 5.10. The van der Waals surface area contributed by atoms with Crippen LogP contribution >= 0.6 is 0 Å². The van der Waals surface area contributed by atoms with E-state index in [1.54, 1.807) is 0 Å². The largest absolute Gasteiger partial charge is 0.388 e. The first-order valence-electron chi connectivity index (χ1n) is 11.0. The van der Waals surface area contributed by atoms with Gasteiger partial charge < -0.3 is 15.1 Å². The monoisotopic (exact) mass is 413 g/mol. The van der Waals surface area contributed by atoms with E-state index in [0.29, 0.717) is 13.1 Å². The smallest absolute Gasteiger partial charge is 0.321 e. The topological polar surface area (TPSA) is 53.9 Å². The van der Waals surface area contributed by atoms with Crippen molar-refractivity contribution in [2.24, 2.45) is 5.16 Å². The molecule has 1 spiro atoms. The van der Waals surface area contributed by atoms with Gasteiger partial charge in [-0.2, -0.15) is 0 Å². The summed E-state index contributed by atoms with van der Waals surface area (Å²) in [4.78, 5) is 20.5. The fourth-order valence-corrected chi connectivity index (χ4v) is 4.46. The number of urea groups is 1. The van der Waals surface area contributed by atoms with Gasteiger partial charge in [-0.15, -0.1) is 0 Å². The van der Waals surface area contributed by atoms with E-state index in [0.717, 1.165) is 42.6 Å². The average molecular weight is 414 g/mol. The van der Waals surface area contributed by atoms with Gasteiger partial charge in [0.05, 0.1) is 5.71 Å². The van der Waals surface area contributed by atoms with Crippen LogP contribution in [0.5, 0.6) is 0 Å². The lowest BCUT2D eigenvalue weighted by Crippen LogP contribution is -2.48. The molecule has 2 aliphatic heterocycles. The van der Waals surface area contributed by atoms with E-state index in [1.807, 2.05) is 17.0 Å². The minimum absolute atomic E-state index is 0.0484. The van der Waals surface area contributed by atoms with Gasteiger partial charge in [-0.1, -0.05) is 60.6 Å². The highest BCUT2D eigenvalue weighted by Crippen LogP contribution is 2.36. The summed E-state index contributed by atoms with van der Waals surface area (Å²) in [6.07, 6.45) is 3.36. The first-order valence-corrected chi connectivity index (χ1v) is 11.0. The van der Waals surface area contributed by atoms with Crippen molar-refractivity contribution >= 4 is 28.2 Å². The Hall–Kier alpha value is -3.34. The molecule has 2 amide bonds. The predicted octanol–water partition coefficient (Wildman–Crippen LogP) is 5.59. The summed E-state index contributed by atoms with van der Waals surface area (Å²) in [7, 11) is 0. The second kappa shape index (κ2) is 8.06. The Balaban J connectivity index is 1.19. The zero-order valence-corrected chi connectivity index (χ0v) is 17.8. The molecular weight excluding hydrogens is 386 g/mol. The van der Waals surface area contributed by atoms with Crippen LogP contribution < -0.4 is 5.32 Å². The van der Waals surface area contributed by atoms with Crippen LogP contribution in [0.2, 0.25) is 0 Å². The van der Waals surface area contributed by atoms with Crippen LogP contribution in [0.4, 0.5) is 10.5 Å². The van der Waals surface area contributed by atoms with Gasteiger partial charge >= 0.3 is 6.03 Å². The molecule has 2 aliphatic rings. The first-order chi connectivity index (χ1) is 15.1. The van der Waals surface area contributed by atoms with Gasteiger partial charge in [-0.25, -0.2) is 4.79 Å². The van der Waals surface area contributed by atoms with Crippen LogP contribution in [-0.4, -0.2) is 35.3 Å². The summed E-state index contributed by atoms with van der Waals surface area (Å²) in [5.74, 6) is 0. The van der Waals surface area contributed by atoms with Crippen molar-refractivity contribution in [3.63, 3.8) is 0 Å². The number of likely N-dealkylation sites (tertiary alicyclic amines) is 1. The van der Waals surface area contributed by atoms with Gasteiger partial charge in [-0.05, 0) is 41.0 Å². The zero-order chi connectivity index (χ0) is 21.3. The number of piperidine rings is 1. The third kappa shape index (κ3) is 4.00. The normalized spacial score (nSPS) is 17.5. The Morgan fingerprint density at radius 2 is 1.77 bits per heavy atom. The molecule has 1 N–H and O–H groups in total. The SMILES string of the molecule is CCc1ccc(NC(=O)N2CCC3(CC2)CC(c2ccc4ccccc4c2)=NO3)cc1. The quantitative estimate of drug-likeness (QED) is 0.608. The van der Waals surface area contributed by atoms with Gasteiger partial charge in [0.25, 0.3) is 0 Å². The van der Waals surface area contributed by atoms with Crippen LogP contribution in [-0.2, 0) is 11.3 Å². The highest BCUT2D eigenvalue weighted by atomic mass is 16.7. The Labute approximate surface area is 182 Å². The molecule has 0 unspecified atom stereocenters. The molecule has 0 atom stereocenters. The summed E-state index contributed by atoms with van der Waals surface area (Å²) in [6.45, 7) is 3.45. The minimum Gasteiger partial charge on any atom is -0.388 e. The number of amides is 2. The highest BCUT2D eigenvalue weighted by Gasteiger charge is 2.43. The molecular formula is C26H27N3O2. The number of benzene rings is 3.